The lowest BCUT2D eigenvalue weighted by atomic mass is 10.0. The summed E-state index contributed by atoms with van der Waals surface area (Å²) >= 11 is 0. The van der Waals surface area contributed by atoms with E-state index < -0.39 is 15.7 Å². The predicted octanol–water partition coefficient (Wildman–Crippen LogP) is 3.95. The summed E-state index contributed by atoms with van der Waals surface area (Å²) in [5, 5.41) is 0.447. The molecule has 2 heterocycles. The van der Waals surface area contributed by atoms with Crippen molar-refractivity contribution in [2.24, 2.45) is 5.92 Å². The number of pyridine rings is 2. The van der Waals surface area contributed by atoms with E-state index in [0.29, 0.717) is 17.7 Å². The normalized spacial score (nSPS) is 17.6. The summed E-state index contributed by atoms with van der Waals surface area (Å²) < 4.78 is 39.4. The zero-order chi connectivity index (χ0) is 23.9. The van der Waals surface area contributed by atoms with Crippen molar-refractivity contribution in [2.45, 2.75) is 29.4 Å². The summed E-state index contributed by atoms with van der Waals surface area (Å²) in [4.78, 5) is 31.3. The molecule has 4 aromatic rings. The zero-order valence-corrected chi connectivity index (χ0v) is 18.9. The lowest BCUT2D eigenvalue weighted by molar-refractivity contribution is -0.119. The molecule has 1 aliphatic carbocycles. The van der Waals surface area contributed by atoms with Gasteiger partial charge in [0.25, 0.3) is 5.56 Å². The second-order valence-electron chi connectivity index (χ2n) is 8.59. The van der Waals surface area contributed by atoms with Gasteiger partial charge in [-0.05, 0) is 59.9 Å². The van der Waals surface area contributed by atoms with E-state index in [1.54, 1.807) is 60.8 Å². The molecule has 34 heavy (non-hydrogen) atoms. The third-order valence-corrected chi connectivity index (χ3v) is 7.90. The topological polar surface area (TPSA) is 97.0 Å². The van der Waals surface area contributed by atoms with Gasteiger partial charge in [0.05, 0.1) is 16.3 Å². The molecule has 0 radical (unpaired) electrons. The van der Waals surface area contributed by atoms with E-state index in [-0.39, 0.29) is 51.0 Å². The first-order valence-corrected chi connectivity index (χ1v) is 12.5. The Balaban J connectivity index is 1.26. The van der Waals surface area contributed by atoms with Gasteiger partial charge in [-0.2, -0.15) is 0 Å². The molecule has 0 bridgehead atoms. The Hall–Kier alpha value is -3.65. The van der Waals surface area contributed by atoms with E-state index in [0.717, 1.165) is 11.8 Å². The number of carbonyl (C=O) groups is 1. The summed E-state index contributed by atoms with van der Waals surface area (Å²) in [7, 11) is -3.52. The number of sulfone groups is 1. The Morgan fingerprint density at radius 3 is 2.59 bits per heavy atom. The van der Waals surface area contributed by atoms with Crippen LogP contribution < -0.4 is 5.56 Å². The minimum absolute atomic E-state index is 0.0417. The second kappa shape index (κ2) is 8.61. The van der Waals surface area contributed by atoms with Gasteiger partial charge in [0.2, 0.25) is 0 Å². The maximum absolute atomic E-state index is 14.1. The molecule has 8 heteroatoms. The smallest absolute Gasteiger partial charge is 0.256 e. The molecule has 1 saturated carbocycles. The van der Waals surface area contributed by atoms with Crippen molar-refractivity contribution < 1.29 is 17.6 Å². The maximum atomic E-state index is 14.1. The number of hydrogen-bond donors (Lipinski definition) is 1. The Kier molecular flexibility index (Phi) is 5.61. The SMILES string of the molecule is O=C(Cc1ccc2c(=O)[nH]cc(F)c2c1)[C@@H]1CC1c1ccc(S(=O)(=O)Cc2ccccn2)cc1. The van der Waals surface area contributed by atoms with Crippen molar-refractivity contribution in [3.05, 3.63) is 106 Å². The maximum Gasteiger partial charge on any atom is 0.256 e. The third-order valence-electron chi connectivity index (χ3n) is 6.23. The van der Waals surface area contributed by atoms with Gasteiger partial charge in [-0.15, -0.1) is 0 Å². The highest BCUT2D eigenvalue weighted by Crippen LogP contribution is 2.48. The number of nitrogens with zero attached hydrogens (tertiary/aromatic N) is 1. The van der Waals surface area contributed by atoms with Crippen LogP contribution >= 0.6 is 0 Å². The van der Waals surface area contributed by atoms with Crippen LogP contribution in [0.1, 0.15) is 29.2 Å². The summed E-state index contributed by atoms with van der Waals surface area (Å²) in [6, 6.07) is 16.6. The molecule has 1 fully saturated rings. The van der Waals surface area contributed by atoms with E-state index in [2.05, 4.69) is 9.97 Å². The van der Waals surface area contributed by atoms with E-state index in [1.807, 2.05) is 0 Å². The van der Waals surface area contributed by atoms with E-state index in [4.69, 9.17) is 0 Å². The third kappa shape index (κ3) is 4.41. The fourth-order valence-electron chi connectivity index (χ4n) is 4.32. The summed E-state index contributed by atoms with van der Waals surface area (Å²) in [5.74, 6) is -0.779. The molecule has 2 aromatic carbocycles. The number of aromatic amines is 1. The van der Waals surface area contributed by atoms with Crippen LogP contribution in [0.2, 0.25) is 0 Å². The van der Waals surface area contributed by atoms with E-state index in [1.165, 1.54) is 6.07 Å². The monoisotopic (exact) mass is 476 g/mol. The number of aromatic nitrogens is 2. The van der Waals surface area contributed by atoms with Crippen LogP contribution in [0.25, 0.3) is 10.8 Å². The van der Waals surface area contributed by atoms with Crippen molar-refractivity contribution in [3.63, 3.8) is 0 Å². The molecule has 2 atom stereocenters. The van der Waals surface area contributed by atoms with Gasteiger partial charge in [-0.25, -0.2) is 12.8 Å². The van der Waals surface area contributed by atoms with Crippen LogP contribution in [0.15, 0.2) is 82.7 Å². The number of H-pyrrole nitrogens is 1. The van der Waals surface area contributed by atoms with Crippen molar-refractivity contribution in [1.29, 1.82) is 0 Å². The van der Waals surface area contributed by atoms with Crippen LogP contribution in [0.4, 0.5) is 4.39 Å². The van der Waals surface area contributed by atoms with Gasteiger partial charge in [0.1, 0.15) is 11.6 Å². The standard InChI is InChI=1S/C26H21FN2O4S/c27-24-14-29-26(31)20-9-4-16(11-22(20)24)12-25(30)23-13-21(23)17-5-7-19(8-6-17)34(32,33)15-18-3-1-2-10-28-18/h1-11,14,21,23H,12-13,15H2,(H,29,31)/t21?,23-/m1/s1. The highest BCUT2D eigenvalue weighted by atomic mass is 32.2. The number of fused-ring (bicyclic) bond motifs is 1. The Bertz CT molecular complexity index is 1550. The van der Waals surface area contributed by atoms with Gasteiger partial charge < -0.3 is 4.98 Å². The lowest BCUT2D eigenvalue weighted by Crippen LogP contribution is -2.09. The molecule has 2 aromatic heterocycles. The number of carbonyl (C=O) groups excluding carboxylic acids is 1. The van der Waals surface area contributed by atoms with Gasteiger partial charge in [-0.1, -0.05) is 24.3 Å². The van der Waals surface area contributed by atoms with Gasteiger partial charge in [0, 0.05) is 35.5 Å². The Morgan fingerprint density at radius 1 is 1.06 bits per heavy atom. The quantitative estimate of drug-likeness (QED) is 0.436. The van der Waals surface area contributed by atoms with Crippen LogP contribution in [-0.4, -0.2) is 24.2 Å². The summed E-state index contributed by atoms with van der Waals surface area (Å²) in [6.07, 6.45) is 3.43. The molecule has 172 valence electrons. The first-order valence-electron chi connectivity index (χ1n) is 10.9. The van der Waals surface area contributed by atoms with Crippen LogP contribution in [0.5, 0.6) is 0 Å². The van der Waals surface area contributed by atoms with Crippen LogP contribution in [-0.2, 0) is 26.8 Å². The first-order chi connectivity index (χ1) is 16.3. The molecule has 1 unspecified atom stereocenters. The summed E-state index contributed by atoms with van der Waals surface area (Å²) in [6.45, 7) is 0. The second-order valence-corrected chi connectivity index (χ2v) is 10.6. The summed E-state index contributed by atoms with van der Waals surface area (Å²) in [5.41, 5.74) is 1.69. The zero-order valence-electron chi connectivity index (χ0n) is 18.1. The number of nitrogens with one attached hydrogen (secondary N) is 1. The van der Waals surface area contributed by atoms with E-state index >= 15 is 0 Å². The molecule has 5 rings (SSSR count). The number of rotatable bonds is 7. The highest BCUT2D eigenvalue weighted by Gasteiger charge is 2.43. The fraction of sp³-hybridized carbons (Fsp3) is 0.192. The average Bonchev–Trinajstić information content (AvgIpc) is 3.63. The minimum Gasteiger partial charge on any atom is -0.326 e. The molecule has 1 N–H and O–H groups in total. The predicted molar refractivity (Wildman–Crippen MR) is 126 cm³/mol. The first kappa shape index (κ1) is 22.2. The van der Waals surface area contributed by atoms with Crippen LogP contribution in [0, 0.1) is 11.7 Å². The average molecular weight is 477 g/mol. The Morgan fingerprint density at radius 2 is 1.85 bits per heavy atom. The fourth-order valence-corrected chi connectivity index (χ4v) is 5.59. The molecule has 0 aliphatic heterocycles. The lowest BCUT2D eigenvalue weighted by Gasteiger charge is -2.07. The van der Waals surface area contributed by atoms with Gasteiger partial charge in [0.15, 0.2) is 9.84 Å². The number of halogens is 1. The number of Topliss-reactive ketones (excluding diaryl/α,β-unsaturated/α-hetero) is 1. The van der Waals surface area contributed by atoms with Crippen molar-refractivity contribution >= 4 is 26.4 Å². The van der Waals surface area contributed by atoms with Crippen molar-refractivity contribution in [1.82, 2.24) is 9.97 Å². The molecular weight excluding hydrogens is 455 g/mol. The molecule has 0 saturated heterocycles. The van der Waals surface area contributed by atoms with Gasteiger partial charge in [-0.3, -0.25) is 14.6 Å². The molecule has 0 spiro atoms. The number of ketones is 1. The molecular formula is C26H21FN2O4S. The van der Waals surface area contributed by atoms with Crippen LogP contribution in [0.3, 0.4) is 0 Å². The molecule has 1 aliphatic rings. The van der Waals surface area contributed by atoms with E-state index in [9.17, 15) is 22.4 Å². The minimum atomic E-state index is -3.52. The van der Waals surface area contributed by atoms with Crippen molar-refractivity contribution in [3.8, 4) is 0 Å². The number of benzene rings is 2. The molecule has 6 nitrogen and oxygen atoms in total. The van der Waals surface area contributed by atoms with Gasteiger partial charge >= 0.3 is 0 Å². The Labute approximate surface area is 195 Å². The highest BCUT2D eigenvalue weighted by molar-refractivity contribution is 7.90. The molecule has 0 amide bonds. The number of hydrogen-bond acceptors (Lipinski definition) is 5. The largest absolute Gasteiger partial charge is 0.326 e. The van der Waals surface area contributed by atoms with Crippen molar-refractivity contribution in [2.75, 3.05) is 0 Å².